The molecule has 2 N–H and O–H groups in total. The number of pyridine rings is 1. The zero-order chi connectivity index (χ0) is 10.7. The van der Waals surface area contributed by atoms with E-state index >= 15 is 0 Å². The van der Waals surface area contributed by atoms with Crippen LogP contribution in [0, 0.1) is 0 Å². The number of carbonyl (C=O) groups excluding carboxylic acids is 1. The molecule has 0 radical (unpaired) electrons. The van der Waals surface area contributed by atoms with Crippen molar-refractivity contribution in [1.29, 1.82) is 0 Å². The van der Waals surface area contributed by atoms with Crippen LogP contribution in [-0.4, -0.2) is 10.9 Å². The number of hydrogen-bond acceptors (Lipinski definition) is 2. The molecule has 0 atom stereocenters. The smallest absolute Gasteiger partial charge is 0.241 e. The molecule has 0 bridgehead atoms. The summed E-state index contributed by atoms with van der Waals surface area (Å²) in [6.07, 6.45) is 4.79. The second-order valence-corrected chi connectivity index (χ2v) is 3.15. The lowest BCUT2D eigenvalue weighted by Gasteiger charge is -1.99. The molecule has 0 fully saturated rings. The molecule has 1 amide bonds. The maximum absolute atomic E-state index is 10.6. The van der Waals surface area contributed by atoms with Gasteiger partial charge in [-0.25, -0.2) is 0 Å². The van der Waals surface area contributed by atoms with E-state index in [1.54, 1.807) is 12.3 Å². The van der Waals surface area contributed by atoms with Gasteiger partial charge in [-0.1, -0.05) is 18.2 Å². The van der Waals surface area contributed by atoms with Gasteiger partial charge in [-0.05, 0) is 23.8 Å². The first-order valence-corrected chi connectivity index (χ1v) is 4.58. The van der Waals surface area contributed by atoms with Crippen molar-refractivity contribution in [3.8, 4) is 0 Å². The van der Waals surface area contributed by atoms with E-state index in [1.165, 1.54) is 6.08 Å². The molecule has 0 aliphatic heterocycles. The summed E-state index contributed by atoms with van der Waals surface area (Å²) in [7, 11) is 0. The molecule has 1 heterocycles. The molecule has 0 aliphatic carbocycles. The summed E-state index contributed by atoms with van der Waals surface area (Å²) in [4.78, 5) is 14.8. The van der Waals surface area contributed by atoms with Crippen molar-refractivity contribution in [2.75, 3.05) is 0 Å². The number of nitrogens with zero attached hydrogens (tertiary/aromatic N) is 1. The van der Waals surface area contributed by atoms with E-state index in [1.807, 2.05) is 30.3 Å². The predicted molar refractivity (Wildman–Crippen MR) is 60.0 cm³/mol. The number of nitrogens with two attached hydrogens (primary N) is 1. The Morgan fingerprint density at radius 1 is 1.27 bits per heavy atom. The lowest BCUT2D eigenvalue weighted by molar-refractivity contribution is -0.113. The van der Waals surface area contributed by atoms with Crippen LogP contribution in [0.15, 0.2) is 42.6 Å². The molecule has 0 aliphatic rings. The fourth-order valence-corrected chi connectivity index (χ4v) is 1.44. The third kappa shape index (κ3) is 2.02. The quantitative estimate of drug-likeness (QED) is 0.747. The van der Waals surface area contributed by atoms with Gasteiger partial charge in [0, 0.05) is 17.7 Å². The summed E-state index contributed by atoms with van der Waals surface area (Å²) in [5.74, 6) is -0.448. The molecule has 3 heteroatoms. The van der Waals surface area contributed by atoms with E-state index in [0.717, 1.165) is 16.5 Å². The van der Waals surface area contributed by atoms with E-state index in [4.69, 9.17) is 5.73 Å². The number of primary amides is 1. The van der Waals surface area contributed by atoms with Crippen LogP contribution in [-0.2, 0) is 4.79 Å². The summed E-state index contributed by atoms with van der Waals surface area (Å²) in [5.41, 5.74) is 6.89. The molecule has 74 valence electrons. The predicted octanol–water partition coefficient (Wildman–Crippen LogP) is 1.73. The highest BCUT2D eigenvalue weighted by Crippen LogP contribution is 2.17. The molecule has 0 unspecified atom stereocenters. The highest BCUT2D eigenvalue weighted by molar-refractivity contribution is 5.94. The van der Waals surface area contributed by atoms with Crippen molar-refractivity contribution in [2.45, 2.75) is 0 Å². The van der Waals surface area contributed by atoms with Gasteiger partial charge in [0.2, 0.25) is 5.91 Å². The molecular weight excluding hydrogens is 188 g/mol. The second-order valence-electron chi connectivity index (χ2n) is 3.15. The monoisotopic (exact) mass is 198 g/mol. The molecule has 15 heavy (non-hydrogen) atoms. The van der Waals surface area contributed by atoms with Crippen molar-refractivity contribution in [1.82, 2.24) is 4.98 Å². The summed E-state index contributed by atoms with van der Waals surface area (Å²) in [6, 6.07) is 9.57. The average Bonchev–Trinajstić information content (AvgIpc) is 2.26. The van der Waals surface area contributed by atoms with Gasteiger partial charge in [0.25, 0.3) is 0 Å². The topological polar surface area (TPSA) is 56.0 Å². The van der Waals surface area contributed by atoms with Gasteiger partial charge in [-0.15, -0.1) is 0 Å². The first kappa shape index (κ1) is 9.40. The summed E-state index contributed by atoms with van der Waals surface area (Å²) < 4.78 is 0. The van der Waals surface area contributed by atoms with E-state index in [-0.39, 0.29) is 0 Å². The van der Waals surface area contributed by atoms with E-state index in [0.29, 0.717) is 0 Å². The number of amides is 1. The Kier molecular flexibility index (Phi) is 2.46. The minimum absolute atomic E-state index is 0.448. The number of rotatable bonds is 2. The lowest BCUT2D eigenvalue weighted by Crippen LogP contribution is -2.05. The molecule has 0 saturated carbocycles. The molecule has 1 aromatic heterocycles. The van der Waals surface area contributed by atoms with E-state index in [2.05, 4.69) is 4.98 Å². The van der Waals surface area contributed by atoms with Gasteiger partial charge in [-0.3, -0.25) is 9.78 Å². The molecule has 1 aromatic carbocycles. The zero-order valence-corrected chi connectivity index (χ0v) is 8.05. The molecule has 0 spiro atoms. The fourth-order valence-electron chi connectivity index (χ4n) is 1.44. The standard InChI is InChI=1S/C12H10N2O/c13-12(15)7-6-9-3-1-5-11-10(9)4-2-8-14-11/h1-8H,(H2,13,15). The van der Waals surface area contributed by atoms with Crippen LogP contribution in [0.3, 0.4) is 0 Å². The molecule has 2 aromatic rings. The summed E-state index contributed by atoms with van der Waals surface area (Å²) in [5, 5.41) is 1.01. The lowest BCUT2D eigenvalue weighted by atomic mass is 10.1. The SMILES string of the molecule is NC(=O)C=Cc1cccc2ncccc12. The Balaban J connectivity index is 2.56. The van der Waals surface area contributed by atoms with Crippen molar-refractivity contribution >= 4 is 22.9 Å². The molecule has 0 saturated heterocycles. The van der Waals surface area contributed by atoms with Crippen LogP contribution in [0.1, 0.15) is 5.56 Å². The summed E-state index contributed by atoms with van der Waals surface area (Å²) >= 11 is 0. The van der Waals surface area contributed by atoms with Crippen LogP contribution in [0.25, 0.3) is 17.0 Å². The zero-order valence-electron chi connectivity index (χ0n) is 8.05. The van der Waals surface area contributed by atoms with Gasteiger partial charge < -0.3 is 5.73 Å². The molecule has 2 rings (SSSR count). The highest BCUT2D eigenvalue weighted by Gasteiger charge is 1.97. The molecule has 3 nitrogen and oxygen atoms in total. The highest BCUT2D eigenvalue weighted by atomic mass is 16.1. The van der Waals surface area contributed by atoms with Crippen LogP contribution in [0.5, 0.6) is 0 Å². The normalized spacial score (nSPS) is 10.9. The van der Waals surface area contributed by atoms with Crippen LogP contribution >= 0.6 is 0 Å². The van der Waals surface area contributed by atoms with Gasteiger partial charge in [0.15, 0.2) is 0 Å². The molecular formula is C12H10N2O. The van der Waals surface area contributed by atoms with E-state index < -0.39 is 5.91 Å². The Bertz CT molecular complexity index is 527. The van der Waals surface area contributed by atoms with Gasteiger partial charge in [0.05, 0.1) is 5.52 Å². The second kappa shape index (κ2) is 3.92. The van der Waals surface area contributed by atoms with Crippen molar-refractivity contribution < 1.29 is 4.79 Å². The maximum atomic E-state index is 10.6. The number of aromatic nitrogens is 1. The van der Waals surface area contributed by atoms with Crippen molar-refractivity contribution in [3.63, 3.8) is 0 Å². The Labute approximate surface area is 87.2 Å². The third-order valence-corrected chi connectivity index (χ3v) is 2.11. The van der Waals surface area contributed by atoms with E-state index in [9.17, 15) is 4.79 Å². The average molecular weight is 198 g/mol. The van der Waals surface area contributed by atoms with Crippen LogP contribution in [0.2, 0.25) is 0 Å². The number of hydrogen-bond donors (Lipinski definition) is 1. The largest absolute Gasteiger partial charge is 0.366 e. The number of fused-ring (bicyclic) bond motifs is 1. The van der Waals surface area contributed by atoms with Gasteiger partial charge in [0.1, 0.15) is 0 Å². The Morgan fingerprint density at radius 3 is 2.93 bits per heavy atom. The van der Waals surface area contributed by atoms with Crippen LogP contribution < -0.4 is 5.73 Å². The number of benzene rings is 1. The maximum Gasteiger partial charge on any atom is 0.241 e. The van der Waals surface area contributed by atoms with Crippen LogP contribution in [0.4, 0.5) is 0 Å². The fraction of sp³-hybridized carbons (Fsp3) is 0. The Morgan fingerprint density at radius 2 is 2.13 bits per heavy atom. The minimum Gasteiger partial charge on any atom is -0.366 e. The third-order valence-electron chi connectivity index (χ3n) is 2.11. The minimum atomic E-state index is -0.448. The van der Waals surface area contributed by atoms with Crippen molar-refractivity contribution in [2.24, 2.45) is 5.73 Å². The van der Waals surface area contributed by atoms with Crippen molar-refractivity contribution in [3.05, 3.63) is 48.2 Å². The first-order valence-electron chi connectivity index (χ1n) is 4.58. The summed E-state index contributed by atoms with van der Waals surface area (Å²) in [6.45, 7) is 0. The first-order chi connectivity index (χ1) is 7.27. The number of carbonyl (C=O) groups is 1. The Hall–Kier alpha value is -2.16. The van der Waals surface area contributed by atoms with Gasteiger partial charge >= 0.3 is 0 Å². The van der Waals surface area contributed by atoms with Gasteiger partial charge in [-0.2, -0.15) is 0 Å².